The van der Waals surface area contributed by atoms with Crippen molar-refractivity contribution in [2.75, 3.05) is 21.3 Å². The Morgan fingerprint density at radius 2 is 1.39 bits per heavy atom. The molecule has 0 atom stereocenters. The van der Waals surface area contributed by atoms with Crippen LogP contribution < -0.4 is 4.43 Å². The molecule has 2 aromatic carbocycles. The Bertz CT molecular complexity index is 512. The summed E-state index contributed by atoms with van der Waals surface area (Å²) in [5.41, 5.74) is 0. The summed E-state index contributed by atoms with van der Waals surface area (Å²) in [5, 5.41) is 2.10. The first-order valence-electron chi connectivity index (χ1n) is 5.57. The van der Waals surface area contributed by atoms with Gasteiger partial charge in [-0.15, -0.1) is 0 Å². The Labute approximate surface area is 108 Å². The molecule has 0 saturated heterocycles. The van der Waals surface area contributed by atoms with Gasteiger partial charge in [0, 0.05) is 26.7 Å². The van der Waals surface area contributed by atoms with Crippen LogP contribution in [0.2, 0.25) is 0 Å². The lowest BCUT2D eigenvalue weighted by molar-refractivity contribution is 0.0516. The number of benzene rings is 2. The lowest BCUT2D eigenvalue weighted by atomic mass is 10.1. The fourth-order valence-corrected chi connectivity index (χ4v) is 2.99. The van der Waals surface area contributed by atoms with Crippen molar-refractivity contribution in [2.24, 2.45) is 0 Å². The van der Waals surface area contributed by atoms with E-state index in [-0.39, 0.29) is 0 Å². The molecule has 0 aliphatic heterocycles. The molecule has 5 heteroatoms. The normalized spacial score (nSPS) is 11.7. The molecule has 0 aliphatic rings. The highest BCUT2D eigenvalue weighted by Gasteiger charge is 2.45. The third kappa shape index (κ3) is 2.39. The highest BCUT2D eigenvalue weighted by Crippen LogP contribution is 2.27. The van der Waals surface area contributed by atoms with Crippen LogP contribution in [0.5, 0.6) is 5.75 Å². The van der Waals surface area contributed by atoms with Gasteiger partial charge in [0.2, 0.25) is 0 Å². The Morgan fingerprint density at radius 3 is 2.06 bits per heavy atom. The van der Waals surface area contributed by atoms with Crippen molar-refractivity contribution in [3.63, 3.8) is 0 Å². The second-order valence-electron chi connectivity index (χ2n) is 3.69. The van der Waals surface area contributed by atoms with Crippen molar-refractivity contribution >= 4 is 19.8 Å². The Hall–Kier alpha value is -1.40. The lowest BCUT2D eigenvalue weighted by Gasteiger charge is -2.24. The summed E-state index contributed by atoms with van der Waals surface area (Å²) in [6.45, 7) is 0. The van der Waals surface area contributed by atoms with Crippen LogP contribution in [0.4, 0.5) is 0 Å². The SMILES string of the molecule is CO[Si](OC)(OC)Oc1cccc2ccccc12. The molecule has 96 valence electrons. The topological polar surface area (TPSA) is 36.9 Å². The van der Waals surface area contributed by atoms with Gasteiger partial charge in [-0.1, -0.05) is 36.4 Å². The highest BCUT2D eigenvalue weighted by molar-refractivity contribution is 6.54. The van der Waals surface area contributed by atoms with Gasteiger partial charge in [-0.05, 0) is 11.5 Å². The van der Waals surface area contributed by atoms with Crippen LogP contribution >= 0.6 is 0 Å². The van der Waals surface area contributed by atoms with Gasteiger partial charge in [0.15, 0.2) is 0 Å². The molecule has 4 nitrogen and oxygen atoms in total. The van der Waals surface area contributed by atoms with Crippen LogP contribution in [0.3, 0.4) is 0 Å². The van der Waals surface area contributed by atoms with Crippen LogP contribution in [-0.2, 0) is 13.3 Å². The maximum Gasteiger partial charge on any atom is 0.748 e. The van der Waals surface area contributed by atoms with E-state index in [1.807, 2.05) is 42.5 Å². The molecule has 0 aromatic heterocycles. The standard InChI is InChI=1S/C13H16O4Si/c1-14-18(15-2,16-3)17-13-10-6-8-11-7-4-5-9-12(11)13/h4-10H,1-3H3. The van der Waals surface area contributed by atoms with E-state index in [4.69, 9.17) is 17.7 Å². The summed E-state index contributed by atoms with van der Waals surface area (Å²) in [4.78, 5) is 0. The second-order valence-corrected chi connectivity index (χ2v) is 6.12. The van der Waals surface area contributed by atoms with Crippen molar-refractivity contribution < 1.29 is 17.7 Å². The van der Waals surface area contributed by atoms with Crippen LogP contribution in [0.1, 0.15) is 0 Å². The molecule has 0 fully saturated rings. The van der Waals surface area contributed by atoms with Gasteiger partial charge in [0.05, 0.1) is 0 Å². The summed E-state index contributed by atoms with van der Waals surface area (Å²) >= 11 is 0. The van der Waals surface area contributed by atoms with Gasteiger partial charge in [-0.3, -0.25) is 0 Å². The highest BCUT2D eigenvalue weighted by atomic mass is 28.4. The van der Waals surface area contributed by atoms with Crippen molar-refractivity contribution in [3.05, 3.63) is 42.5 Å². The molecule has 0 amide bonds. The average Bonchev–Trinajstić information content (AvgIpc) is 2.45. The van der Waals surface area contributed by atoms with E-state index in [2.05, 4.69) is 0 Å². The van der Waals surface area contributed by atoms with Crippen molar-refractivity contribution in [3.8, 4) is 5.75 Å². The van der Waals surface area contributed by atoms with E-state index in [0.717, 1.165) is 10.8 Å². The van der Waals surface area contributed by atoms with Crippen LogP contribution in [0.15, 0.2) is 42.5 Å². The van der Waals surface area contributed by atoms with E-state index in [1.165, 1.54) is 21.3 Å². The quantitative estimate of drug-likeness (QED) is 0.778. The fourth-order valence-electron chi connectivity index (χ4n) is 1.79. The van der Waals surface area contributed by atoms with E-state index in [1.54, 1.807) is 0 Å². The van der Waals surface area contributed by atoms with Crippen molar-refractivity contribution in [1.82, 2.24) is 0 Å². The molecule has 0 aliphatic carbocycles. The minimum absolute atomic E-state index is 0.699. The molecule has 0 N–H and O–H groups in total. The van der Waals surface area contributed by atoms with Gasteiger partial charge >= 0.3 is 9.05 Å². The maximum atomic E-state index is 5.84. The van der Waals surface area contributed by atoms with E-state index < -0.39 is 9.05 Å². The molecule has 0 saturated carbocycles. The van der Waals surface area contributed by atoms with E-state index >= 15 is 0 Å². The smallest absolute Gasteiger partial charge is 0.479 e. The molecule has 0 bridgehead atoms. The van der Waals surface area contributed by atoms with Crippen LogP contribution in [-0.4, -0.2) is 30.4 Å². The van der Waals surface area contributed by atoms with Gasteiger partial charge < -0.3 is 17.7 Å². The van der Waals surface area contributed by atoms with Gasteiger partial charge in [0.1, 0.15) is 5.75 Å². The minimum Gasteiger partial charge on any atom is -0.479 e. The summed E-state index contributed by atoms with van der Waals surface area (Å²) in [5.74, 6) is 0.699. The summed E-state index contributed by atoms with van der Waals surface area (Å²) in [6.07, 6.45) is 0. The summed E-state index contributed by atoms with van der Waals surface area (Å²) in [7, 11) is 1.48. The first kappa shape index (κ1) is 13.0. The second kappa shape index (κ2) is 5.49. The molecule has 0 heterocycles. The lowest BCUT2D eigenvalue weighted by Crippen LogP contribution is -2.49. The molecule has 18 heavy (non-hydrogen) atoms. The predicted octanol–water partition coefficient (Wildman–Crippen LogP) is 2.59. The first-order chi connectivity index (χ1) is 8.74. The predicted molar refractivity (Wildman–Crippen MR) is 71.4 cm³/mol. The molecular weight excluding hydrogens is 248 g/mol. The van der Waals surface area contributed by atoms with Crippen molar-refractivity contribution in [1.29, 1.82) is 0 Å². The number of hydrogen-bond acceptors (Lipinski definition) is 4. The van der Waals surface area contributed by atoms with Crippen LogP contribution in [0, 0.1) is 0 Å². The van der Waals surface area contributed by atoms with E-state index in [0.29, 0.717) is 5.75 Å². The molecule has 2 aromatic rings. The number of rotatable bonds is 5. The van der Waals surface area contributed by atoms with Crippen molar-refractivity contribution in [2.45, 2.75) is 0 Å². The Morgan fingerprint density at radius 1 is 0.778 bits per heavy atom. The Kier molecular flexibility index (Phi) is 3.98. The molecule has 0 radical (unpaired) electrons. The summed E-state index contributed by atoms with van der Waals surface area (Å²) in [6, 6.07) is 13.8. The first-order valence-corrected chi connectivity index (χ1v) is 7.20. The van der Waals surface area contributed by atoms with Gasteiger partial charge in [0.25, 0.3) is 0 Å². The zero-order valence-corrected chi connectivity index (χ0v) is 11.7. The number of hydrogen-bond donors (Lipinski definition) is 0. The maximum absolute atomic E-state index is 5.84. The molecule has 0 unspecified atom stereocenters. The van der Waals surface area contributed by atoms with E-state index in [9.17, 15) is 0 Å². The largest absolute Gasteiger partial charge is 0.748 e. The zero-order valence-electron chi connectivity index (χ0n) is 10.7. The number of fused-ring (bicyclic) bond motifs is 1. The third-order valence-corrected chi connectivity index (χ3v) is 4.70. The zero-order chi connectivity index (χ0) is 13.0. The molecular formula is C13H16O4Si. The monoisotopic (exact) mass is 264 g/mol. The Balaban J connectivity index is 2.42. The molecule has 0 spiro atoms. The van der Waals surface area contributed by atoms with Gasteiger partial charge in [-0.2, -0.15) is 0 Å². The van der Waals surface area contributed by atoms with Gasteiger partial charge in [-0.25, -0.2) is 0 Å². The molecule has 2 rings (SSSR count). The van der Waals surface area contributed by atoms with Crippen LogP contribution in [0.25, 0.3) is 10.8 Å². The average molecular weight is 264 g/mol. The third-order valence-electron chi connectivity index (χ3n) is 2.73. The summed E-state index contributed by atoms with van der Waals surface area (Å²) < 4.78 is 21.6. The fraction of sp³-hybridized carbons (Fsp3) is 0.231. The minimum atomic E-state index is -3.08.